The lowest BCUT2D eigenvalue weighted by Crippen LogP contribution is -2.21. The highest BCUT2D eigenvalue weighted by molar-refractivity contribution is 5.92. The van der Waals surface area contributed by atoms with Gasteiger partial charge in [-0.15, -0.1) is 0 Å². The maximum absolute atomic E-state index is 13.6. The summed E-state index contributed by atoms with van der Waals surface area (Å²) in [5, 5.41) is 7.82. The third kappa shape index (κ3) is 3.10. The van der Waals surface area contributed by atoms with Crippen molar-refractivity contribution in [3.8, 4) is 0 Å². The van der Waals surface area contributed by atoms with Crippen molar-refractivity contribution in [2.45, 2.75) is 26.3 Å². The number of hydrogen-bond donors (Lipinski definition) is 1. The molecule has 1 aliphatic heterocycles. The zero-order valence-corrected chi connectivity index (χ0v) is 14.4. The summed E-state index contributed by atoms with van der Waals surface area (Å²) in [5.41, 5.74) is 1.57. The van der Waals surface area contributed by atoms with Gasteiger partial charge in [0.25, 0.3) is 0 Å². The molecule has 2 aromatic heterocycles. The molecule has 1 aliphatic rings. The molecule has 0 bridgehead atoms. The molecule has 1 saturated heterocycles. The molecule has 1 aromatic carbocycles. The Morgan fingerprint density at radius 3 is 2.85 bits per heavy atom. The summed E-state index contributed by atoms with van der Waals surface area (Å²) in [6.45, 7) is 3.61. The number of nitrogens with zero attached hydrogens (tertiary/aromatic N) is 5. The fourth-order valence-corrected chi connectivity index (χ4v) is 3.18. The van der Waals surface area contributed by atoms with Crippen LogP contribution in [0, 0.1) is 12.7 Å². The number of anilines is 2. The Hall–Kier alpha value is -3.03. The Bertz CT molecular complexity index is 963. The van der Waals surface area contributed by atoms with Crippen molar-refractivity contribution in [2.75, 3.05) is 23.3 Å². The van der Waals surface area contributed by atoms with Crippen LogP contribution in [0.4, 0.5) is 15.9 Å². The Kier molecular flexibility index (Phi) is 4.24. The monoisotopic (exact) mass is 354 g/mol. The topological polar surface area (TPSA) is 75.9 Å². The molecule has 1 N–H and O–H groups in total. The first-order valence-electron chi connectivity index (χ1n) is 8.59. The van der Waals surface area contributed by atoms with E-state index in [0.29, 0.717) is 16.9 Å². The number of amides is 1. The van der Waals surface area contributed by atoms with Crippen LogP contribution in [0.3, 0.4) is 0 Å². The molecule has 0 atom stereocenters. The number of halogens is 1. The van der Waals surface area contributed by atoms with Gasteiger partial charge >= 0.3 is 0 Å². The summed E-state index contributed by atoms with van der Waals surface area (Å²) < 4.78 is 15.2. The van der Waals surface area contributed by atoms with Crippen molar-refractivity contribution in [1.29, 1.82) is 0 Å². The Morgan fingerprint density at radius 2 is 2.08 bits per heavy atom. The molecule has 0 saturated carbocycles. The van der Waals surface area contributed by atoms with Crippen LogP contribution in [0.25, 0.3) is 11.0 Å². The van der Waals surface area contributed by atoms with Crippen molar-refractivity contribution in [3.63, 3.8) is 0 Å². The van der Waals surface area contributed by atoms with Gasteiger partial charge in [0.1, 0.15) is 24.5 Å². The Labute approximate surface area is 149 Å². The molecule has 4 rings (SSSR count). The summed E-state index contributed by atoms with van der Waals surface area (Å²) in [6, 6.07) is 4.61. The molecule has 7 nitrogen and oxygen atoms in total. The van der Waals surface area contributed by atoms with Gasteiger partial charge in [-0.05, 0) is 37.5 Å². The van der Waals surface area contributed by atoms with Gasteiger partial charge in [-0.2, -0.15) is 5.10 Å². The van der Waals surface area contributed by atoms with E-state index in [2.05, 4.69) is 25.3 Å². The van der Waals surface area contributed by atoms with E-state index in [1.165, 1.54) is 17.1 Å². The number of carbonyl (C=O) groups excluding carboxylic acids is 1. The fourth-order valence-electron chi connectivity index (χ4n) is 3.18. The molecule has 0 aliphatic carbocycles. The van der Waals surface area contributed by atoms with Crippen molar-refractivity contribution in [1.82, 2.24) is 19.7 Å². The van der Waals surface area contributed by atoms with Gasteiger partial charge in [0, 0.05) is 18.8 Å². The van der Waals surface area contributed by atoms with Gasteiger partial charge < -0.3 is 10.2 Å². The molecule has 134 valence electrons. The second kappa shape index (κ2) is 6.70. The van der Waals surface area contributed by atoms with Crippen molar-refractivity contribution in [2.24, 2.45) is 0 Å². The zero-order valence-electron chi connectivity index (χ0n) is 14.4. The molecule has 1 amide bonds. The molecule has 3 aromatic rings. The summed E-state index contributed by atoms with van der Waals surface area (Å²) in [6.07, 6.45) is 5.49. The number of aryl methyl sites for hydroxylation is 1. The first-order chi connectivity index (χ1) is 12.6. The standard InChI is InChI=1S/C18H19FN6O/c1-12-4-5-13(8-15(12)19)23-16(26)10-25-18-14(9-22-25)17(20-11-21-18)24-6-2-3-7-24/h4-5,8-9,11H,2-3,6-7,10H2,1H3,(H,23,26). The minimum absolute atomic E-state index is 0.00452. The highest BCUT2D eigenvalue weighted by atomic mass is 19.1. The number of carbonyl (C=O) groups is 1. The molecular formula is C18H19FN6O. The van der Waals surface area contributed by atoms with E-state index in [4.69, 9.17) is 0 Å². The summed E-state index contributed by atoms with van der Waals surface area (Å²) in [7, 11) is 0. The van der Waals surface area contributed by atoms with E-state index in [1.54, 1.807) is 25.3 Å². The summed E-state index contributed by atoms with van der Waals surface area (Å²) in [5.74, 6) is 0.217. The lowest BCUT2D eigenvalue weighted by Gasteiger charge is -2.16. The van der Waals surface area contributed by atoms with Gasteiger partial charge in [0.2, 0.25) is 5.91 Å². The Balaban J connectivity index is 1.54. The SMILES string of the molecule is Cc1ccc(NC(=O)Cn2ncc3c(N4CCCC4)ncnc32)cc1F. The second-order valence-electron chi connectivity index (χ2n) is 6.44. The lowest BCUT2D eigenvalue weighted by atomic mass is 10.2. The normalized spacial score (nSPS) is 14.2. The molecule has 0 unspecified atom stereocenters. The van der Waals surface area contributed by atoms with Gasteiger partial charge in [-0.3, -0.25) is 4.79 Å². The number of aromatic nitrogens is 4. The molecular weight excluding hydrogens is 335 g/mol. The van der Waals surface area contributed by atoms with Crippen LogP contribution >= 0.6 is 0 Å². The van der Waals surface area contributed by atoms with Crippen LogP contribution in [-0.4, -0.2) is 38.7 Å². The van der Waals surface area contributed by atoms with Gasteiger partial charge in [0.15, 0.2) is 5.65 Å². The first kappa shape index (κ1) is 16.4. The molecule has 0 radical (unpaired) electrons. The quantitative estimate of drug-likeness (QED) is 0.779. The number of hydrogen-bond acceptors (Lipinski definition) is 5. The van der Waals surface area contributed by atoms with Crippen LogP contribution in [0.5, 0.6) is 0 Å². The van der Waals surface area contributed by atoms with E-state index < -0.39 is 0 Å². The minimum Gasteiger partial charge on any atom is -0.356 e. The van der Waals surface area contributed by atoms with E-state index in [1.807, 2.05) is 0 Å². The number of rotatable bonds is 4. The third-order valence-electron chi connectivity index (χ3n) is 4.57. The maximum atomic E-state index is 13.6. The van der Waals surface area contributed by atoms with Crippen LogP contribution < -0.4 is 10.2 Å². The predicted octanol–water partition coefficient (Wildman–Crippen LogP) is 2.51. The smallest absolute Gasteiger partial charge is 0.246 e. The molecule has 8 heteroatoms. The van der Waals surface area contributed by atoms with Crippen molar-refractivity contribution < 1.29 is 9.18 Å². The second-order valence-corrected chi connectivity index (χ2v) is 6.44. The zero-order chi connectivity index (χ0) is 18.1. The maximum Gasteiger partial charge on any atom is 0.246 e. The largest absolute Gasteiger partial charge is 0.356 e. The van der Waals surface area contributed by atoms with E-state index in [9.17, 15) is 9.18 Å². The summed E-state index contributed by atoms with van der Waals surface area (Å²) >= 11 is 0. The minimum atomic E-state index is -0.352. The molecule has 26 heavy (non-hydrogen) atoms. The van der Waals surface area contributed by atoms with Gasteiger partial charge in [-0.1, -0.05) is 6.07 Å². The lowest BCUT2D eigenvalue weighted by molar-refractivity contribution is -0.116. The average molecular weight is 354 g/mol. The predicted molar refractivity (Wildman–Crippen MR) is 96.5 cm³/mol. The molecule has 1 fully saturated rings. The third-order valence-corrected chi connectivity index (χ3v) is 4.57. The fraction of sp³-hybridized carbons (Fsp3) is 0.333. The van der Waals surface area contributed by atoms with Crippen molar-refractivity contribution >= 4 is 28.4 Å². The number of nitrogens with one attached hydrogen (secondary N) is 1. The first-order valence-corrected chi connectivity index (χ1v) is 8.59. The highest BCUT2D eigenvalue weighted by Crippen LogP contribution is 2.25. The van der Waals surface area contributed by atoms with Crippen LogP contribution in [0.2, 0.25) is 0 Å². The van der Waals surface area contributed by atoms with Crippen LogP contribution in [0.1, 0.15) is 18.4 Å². The number of fused-ring (bicyclic) bond motifs is 1. The van der Waals surface area contributed by atoms with E-state index in [-0.39, 0.29) is 18.3 Å². The highest BCUT2D eigenvalue weighted by Gasteiger charge is 2.19. The summed E-state index contributed by atoms with van der Waals surface area (Å²) in [4.78, 5) is 23.2. The Morgan fingerprint density at radius 1 is 1.27 bits per heavy atom. The molecule has 0 spiro atoms. The van der Waals surface area contributed by atoms with Crippen LogP contribution in [0.15, 0.2) is 30.7 Å². The van der Waals surface area contributed by atoms with Gasteiger partial charge in [-0.25, -0.2) is 19.0 Å². The van der Waals surface area contributed by atoms with E-state index >= 15 is 0 Å². The van der Waals surface area contributed by atoms with Crippen molar-refractivity contribution in [3.05, 3.63) is 42.1 Å². The average Bonchev–Trinajstić information content (AvgIpc) is 3.28. The van der Waals surface area contributed by atoms with Crippen LogP contribution in [-0.2, 0) is 11.3 Å². The number of benzene rings is 1. The van der Waals surface area contributed by atoms with E-state index in [0.717, 1.165) is 37.1 Å². The molecule has 3 heterocycles. The van der Waals surface area contributed by atoms with Gasteiger partial charge in [0.05, 0.1) is 11.6 Å².